The van der Waals surface area contributed by atoms with E-state index in [0.717, 1.165) is 32.0 Å². The third-order valence-electron chi connectivity index (χ3n) is 3.80. The average molecular weight is 270 g/mol. The summed E-state index contributed by atoms with van der Waals surface area (Å²) in [6, 6.07) is 3.49. The van der Waals surface area contributed by atoms with Gasteiger partial charge in [-0.1, -0.05) is 6.07 Å². The molecule has 0 radical (unpaired) electrons. The molecule has 1 heterocycles. The smallest absolute Gasteiger partial charge is 0.130 e. The number of methoxy groups -OCH3 is 1. The zero-order chi connectivity index (χ0) is 13.8. The Morgan fingerprint density at radius 3 is 2.58 bits per heavy atom. The molecule has 1 aromatic carbocycles. The van der Waals surface area contributed by atoms with Gasteiger partial charge in [0.1, 0.15) is 11.6 Å². The van der Waals surface area contributed by atoms with Gasteiger partial charge < -0.3 is 10.5 Å². The van der Waals surface area contributed by atoms with Crippen molar-refractivity contribution in [2.75, 3.05) is 26.7 Å². The Kier molecular flexibility index (Phi) is 4.85. The lowest BCUT2D eigenvalue weighted by atomic mass is 10.00. The molecule has 1 aromatic rings. The molecule has 5 heteroatoms. The predicted octanol–water partition coefficient (Wildman–Crippen LogP) is 2.08. The van der Waals surface area contributed by atoms with E-state index in [-0.39, 0.29) is 12.1 Å². The highest BCUT2D eigenvalue weighted by Crippen LogP contribution is 2.26. The molecule has 2 N–H and O–H groups in total. The van der Waals surface area contributed by atoms with Crippen molar-refractivity contribution in [3.05, 3.63) is 35.4 Å². The number of piperidine rings is 1. The van der Waals surface area contributed by atoms with Crippen LogP contribution in [0.4, 0.5) is 8.78 Å². The van der Waals surface area contributed by atoms with Crippen LogP contribution in [-0.2, 0) is 4.74 Å². The summed E-state index contributed by atoms with van der Waals surface area (Å²) in [6.07, 6.45) is 2.10. The molecule has 1 saturated heterocycles. The second kappa shape index (κ2) is 6.41. The molecule has 2 rings (SSSR count). The van der Waals surface area contributed by atoms with E-state index in [1.165, 1.54) is 12.1 Å². The fourth-order valence-corrected chi connectivity index (χ4v) is 2.67. The number of hydrogen-bond acceptors (Lipinski definition) is 3. The highest BCUT2D eigenvalue weighted by molar-refractivity contribution is 5.22. The Morgan fingerprint density at radius 1 is 1.37 bits per heavy atom. The predicted molar refractivity (Wildman–Crippen MR) is 69.8 cm³/mol. The van der Waals surface area contributed by atoms with Crippen LogP contribution in [0.3, 0.4) is 0 Å². The molecule has 0 aromatic heterocycles. The minimum absolute atomic E-state index is 0.196. The molecule has 0 aliphatic carbocycles. The summed E-state index contributed by atoms with van der Waals surface area (Å²) in [5, 5.41) is 0. The number of halogens is 2. The molecule has 1 fully saturated rings. The van der Waals surface area contributed by atoms with Gasteiger partial charge in [-0.2, -0.15) is 0 Å². The molecule has 0 saturated carbocycles. The van der Waals surface area contributed by atoms with Crippen LogP contribution in [-0.4, -0.2) is 37.7 Å². The fraction of sp³-hybridized carbons (Fsp3) is 0.571. The van der Waals surface area contributed by atoms with Gasteiger partial charge >= 0.3 is 0 Å². The first-order valence-corrected chi connectivity index (χ1v) is 6.57. The van der Waals surface area contributed by atoms with Gasteiger partial charge in [0.05, 0.1) is 6.10 Å². The quantitative estimate of drug-likeness (QED) is 0.910. The summed E-state index contributed by atoms with van der Waals surface area (Å²) in [5.74, 6) is -1.08. The van der Waals surface area contributed by atoms with E-state index in [9.17, 15) is 8.78 Å². The van der Waals surface area contributed by atoms with E-state index in [0.29, 0.717) is 12.1 Å². The molecule has 3 nitrogen and oxygen atoms in total. The van der Waals surface area contributed by atoms with Crippen LogP contribution in [0.1, 0.15) is 24.4 Å². The maximum Gasteiger partial charge on any atom is 0.130 e. The zero-order valence-corrected chi connectivity index (χ0v) is 11.1. The third kappa shape index (κ3) is 3.29. The van der Waals surface area contributed by atoms with Crippen molar-refractivity contribution in [3.63, 3.8) is 0 Å². The molecular formula is C14H20F2N2O. The Balaban J connectivity index is 2.12. The minimum atomic E-state index is -0.560. The molecule has 0 bridgehead atoms. The molecule has 19 heavy (non-hydrogen) atoms. The lowest BCUT2D eigenvalue weighted by molar-refractivity contribution is 0.0275. The van der Waals surface area contributed by atoms with Crippen molar-refractivity contribution in [1.29, 1.82) is 0 Å². The van der Waals surface area contributed by atoms with Gasteiger partial charge in [0, 0.05) is 44.4 Å². The molecule has 1 aliphatic heterocycles. The van der Waals surface area contributed by atoms with Gasteiger partial charge in [-0.3, -0.25) is 4.90 Å². The van der Waals surface area contributed by atoms with Crippen molar-refractivity contribution in [2.24, 2.45) is 5.73 Å². The number of hydrogen-bond donors (Lipinski definition) is 1. The average Bonchev–Trinajstić information content (AvgIpc) is 2.42. The van der Waals surface area contributed by atoms with E-state index in [2.05, 4.69) is 4.90 Å². The fourth-order valence-electron chi connectivity index (χ4n) is 2.67. The molecule has 0 spiro atoms. The minimum Gasteiger partial charge on any atom is -0.381 e. The number of likely N-dealkylation sites (tertiary alicyclic amines) is 1. The lowest BCUT2D eigenvalue weighted by Gasteiger charge is -2.37. The largest absolute Gasteiger partial charge is 0.381 e. The number of nitrogens with zero attached hydrogens (tertiary/aromatic N) is 1. The lowest BCUT2D eigenvalue weighted by Crippen LogP contribution is -2.42. The molecule has 106 valence electrons. The summed E-state index contributed by atoms with van der Waals surface area (Å²) in [4.78, 5) is 2.14. The van der Waals surface area contributed by atoms with E-state index < -0.39 is 11.6 Å². The monoisotopic (exact) mass is 270 g/mol. The van der Waals surface area contributed by atoms with Gasteiger partial charge in [-0.25, -0.2) is 8.78 Å². The van der Waals surface area contributed by atoms with Gasteiger partial charge in [0.2, 0.25) is 0 Å². The summed E-state index contributed by atoms with van der Waals surface area (Å²) in [6.45, 7) is 1.95. The zero-order valence-electron chi connectivity index (χ0n) is 11.1. The summed E-state index contributed by atoms with van der Waals surface area (Å²) >= 11 is 0. The van der Waals surface area contributed by atoms with Crippen molar-refractivity contribution < 1.29 is 13.5 Å². The molecule has 1 unspecified atom stereocenters. The Bertz CT molecular complexity index is 420. The SMILES string of the molecule is COC1CCN(C(CN)c2ccc(F)cc2F)CC1. The molecule has 1 atom stereocenters. The van der Waals surface area contributed by atoms with Crippen molar-refractivity contribution in [1.82, 2.24) is 4.90 Å². The number of ether oxygens (including phenoxy) is 1. The summed E-state index contributed by atoms with van der Waals surface area (Å²) < 4.78 is 32.1. The van der Waals surface area contributed by atoms with Crippen LogP contribution < -0.4 is 5.73 Å². The molecular weight excluding hydrogens is 250 g/mol. The van der Waals surface area contributed by atoms with Gasteiger partial charge in [-0.05, 0) is 18.9 Å². The first-order chi connectivity index (χ1) is 9.15. The van der Waals surface area contributed by atoms with E-state index in [1.54, 1.807) is 7.11 Å². The molecule has 1 aliphatic rings. The van der Waals surface area contributed by atoms with Crippen LogP contribution in [0, 0.1) is 11.6 Å². The van der Waals surface area contributed by atoms with E-state index >= 15 is 0 Å². The highest BCUT2D eigenvalue weighted by atomic mass is 19.1. The van der Waals surface area contributed by atoms with Gasteiger partial charge in [-0.15, -0.1) is 0 Å². The first-order valence-electron chi connectivity index (χ1n) is 6.57. The summed E-state index contributed by atoms with van der Waals surface area (Å²) in [7, 11) is 1.71. The topological polar surface area (TPSA) is 38.5 Å². The third-order valence-corrected chi connectivity index (χ3v) is 3.80. The van der Waals surface area contributed by atoms with Crippen molar-refractivity contribution in [2.45, 2.75) is 25.0 Å². The van der Waals surface area contributed by atoms with Crippen LogP contribution in [0.15, 0.2) is 18.2 Å². The Hall–Kier alpha value is -1.04. The second-order valence-corrected chi connectivity index (χ2v) is 4.89. The number of rotatable bonds is 4. The Morgan fingerprint density at radius 2 is 2.05 bits per heavy atom. The first kappa shape index (κ1) is 14.4. The second-order valence-electron chi connectivity index (χ2n) is 4.89. The number of benzene rings is 1. The van der Waals surface area contributed by atoms with Gasteiger partial charge in [0.25, 0.3) is 0 Å². The van der Waals surface area contributed by atoms with Crippen LogP contribution in [0.25, 0.3) is 0 Å². The normalized spacial score (nSPS) is 19.6. The maximum atomic E-state index is 13.8. The van der Waals surface area contributed by atoms with E-state index in [4.69, 9.17) is 10.5 Å². The van der Waals surface area contributed by atoms with Crippen molar-refractivity contribution in [3.8, 4) is 0 Å². The standard InChI is InChI=1S/C14H20F2N2O/c1-19-11-4-6-18(7-5-11)14(9-17)12-3-2-10(15)8-13(12)16/h2-3,8,11,14H,4-7,9,17H2,1H3. The summed E-state index contributed by atoms with van der Waals surface area (Å²) in [5.41, 5.74) is 6.25. The molecule has 0 amide bonds. The van der Waals surface area contributed by atoms with Gasteiger partial charge in [0.15, 0.2) is 0 Å². The number of nitrogens with two attached hydrogens (primary N) is 1. The van der Waals surface area contributed by atoms with Crippen LogP contribution in [0.5, 0.6) is 0 Å². The Labute approximate surface area is 112 Å². The van der Waals surface area contributed by atoms with Crippen LogP contribution >= 0.6 is 0 Å². The van der Waals surface area contributed by atoms with Crippen LogP contribution in [0.2, 0.25) is 0 Å². The highest BCUT2D eigenvalue weighted by Gasteiger charge is 2.26. The van der Waals surface area contributed by atoms with Crippen molar-refractivity contribution >= 4 is 0 Å². The maximum absolute atomic E-state index is 13.8. The van der Waals surface area contributed by atoms with E-state index in [1.807, 2.05) is 0 Å².